The van der Waals surface area contributed by atoms with Crippen molar-refractivity contribution in [2.24, 2.45) is 5.73 Å². The van der Waals surface area contributed by atoms with Crippen molar-refractivity contribution >= 4 is 35.1 Å². The molecule has 2 amide bonds. The molecule has 7 N–H and O–H groups in total. The first-order valence-corrected chi connectivity index (χ1v) is 9.25. The molecule has 0 aromatic heterocycles. The molecule has 0 spiro atoms. The highest BCUT2D eigenvalue weighted by Crippen LogP contribution is 2.30. The van der Waals surface area contributed by atoms with Crippen molar-refractivity contribution in [3.05, 3.63) is 64.7 Å². The Morgan fingerprint density at radius 2 is 1.84 bits per heavy atom. The van der Waals surface area contributed by atoms with Crippen molar-refractivity contribution in [1.82, 2.24) is 5.32 Å². The Hall–Kier alpha value is -3.98. The average Bonchev–Trinajstić information content (AvgIpc) is 2.75. The lowest BCUT2D eigenvalue weighted by atomic mass is 10.00. The molecule has 0 fully saturated rings. The number of amides is 2. The summed E-state index contributed by atoms with van der Waals surface area (Å²) in [5.74, 6) is -1.61. The van der Waals surface area contributed by atoms with E-state index in [4.69, 9.17) is 21.6 Å². The molecule has 0 bridgehead atoms. The predicted octanol–water partition coefficient (Wildman–Crippen LogP) is 1.14. The van der Waals surface area contributed by atoms with E-state index in [0.717, 1.165) is 5.56 Å². The van der Waals surface area contributed by atoms with Gasteiger partial charge in [0.2, 0.25) is 5.91 Å². The Morgan fingerprint density at radius 3 is 2.35 bits per heavy atom. The van der Waals surface area contributed by atoms with Gasteiger partial charge in [0, 0.05) is 11.3 Å². The summed E-state index contributed by atoms with van der Waals surface area (Å²) in [6.07, 6.45) is 3.14. The highest BCUT2D eigenvalue weighted by Gasteiger charge is 2.23. The van der Waals surface area contributed by atoms with Gasteiger partial charge in [0.25, 0.3) is 5.91 Å². The number of primary amides is 1. The number of hydrogen-bond acceptors (Lipinski definition) is 7. The summed E-state index contributed by atoms with van der Waals surface area (Å²) in [5.41, 5.74) is 12.9. The number of nitrogen functional groups attached to an aromatic ring is 1. The quantitative estimate of drug-likeness (QED) is 0.230. The maximum absolute atomic E-state index is 12.6. The zero-order valence-electron chi connectivity index (χ0n) is 17.1. The van der Waals surface area contributed by atoms with Crippen molar-refractivity contribution in [1.29, 1.82) is 5.41 Å². The third-order valence-electron chi connectivity index (χ3n) is 4.50. The molecule has 1 unspecified atom stereocenters. The number of aliphatic hydroxyl groups excluding tert-OH is 1. The molecule has 9 nitrogen and oxygen atoms in total. The number of rotatable bonds is 9. The van der Waals surface area contributed by atoms with Crippen LogP contribution in [0.5, 0.6) is 5.75 Å². The van der Waals surface area contributed by atoms with E-state index in [9.17, 15) is 19.5 Å². The molecule has 2 aromatic rings. The van der Waals surface area contributed by atoms with E-state index < -0.39 is 24.5 Å². The Labute approximate surface area is 179 Å². The van der Waals surface area contributed by atoms with E-state index in [1.54, 1.807) is 30.3 Å². The number of allylic oxidation sites excluding steroid dienone is 1. The van der Waals surface area contributed by atoms with Crippen molar-refractivity contribution in [2.75, 3.05) is 19.5 Å². The Morgan fingerprint density at radius 1 is 1.19 bits per heavy atom. The van der Waals surface area contributed by atoms with Crippen LogP contribution in [-0.2, 0) is 4.79 Å². The first-order chi connectivity index (χ1) is 14.7. The van der Waals surface area contributed by atoms with E-state index in [1.807, 2.05) is 0 Å². The molecule has 0 saturated carbocycles. The fourth-order valence-corrected chi connectivity index (χ4v) is 2.80. The number of aliphatic hydroxyl groups is 1. The van der Waals surface area contributed by atoms with Gasteiger partial charge in [-0.2, -0.15) is 0 Å². The second-order valence-corrected chi connectivity index (χ2v) is 6.65. The van der Waals surface area contributed by atoms with Crippen molar-refractivity contribution < 1.29 is 24.2 Å². The molecule has 2 aromatic carbocycles. The van der Waals surface area contributed by atoms with E-state index in [0.29, 0.717) is 5.56 Å². The molecule has 0 heterocycles. The molecule has 0 aliphatic heterocycles. The highest BCUT2D eigenvalue weighted by atomic mass is 16.5. The van der Waals surface area contributed by atoms with Crippen LogP contribution in [0.3, 0.4) is 0 Å². The Balaban J connectivity index is 2.35. The summed E-state index contributed by atoms with van der Waals surface area (Å²) >= 11 is 0. The first kappa shape index (κ1) is 23.3. The summed E-state index contributed by atoms with van der Waals surface area (Å²) in [7, 11) is 1.32. The lowest BCUT2D eigenvalue weighted by Crippen LogP contribution is -2.46. The molecule has 0 aliphatic carbocycles. The Kier molecular flexibility index (Phi) is 7.64. The lowest BCUT2D eigenvalue weighted by Gasteiger charge is -2.17. The van der Waals surface area contributed by atoms with Gasteiger partial charge in [-0.15, -0.1) is 0 Å². The third kappa shape index (κ3) is 5.55. The zero-order valence-corrected chi connectivity index (χ0v) is 17.1. The number of anilines is 1. The van der Waals surface area contributed by atoms with Crippen molar-refractivity contribution in [2.45, 2.75) is 13.0 Å². The van der Waals surface area contributed by atoms with Crippen LogP contribution in [0.25, 0.3) is 6.08 Å². The zero-order chi connectivity index (χ0) is 23.1. The second-order valence-electron chi connectivity index (χ2n) is 6.65. The summed E-state index contributed by atoms with van der Waals surface area (Å²) in [6.45, 7) is 0.817. The van der Waals surface area contributed by atoms with Gasteiger partial charge in [-0.1, -0.05) is 30.3 Å². The molecule has 0 saturated heterocycles. The van der Waals surface area contributed by atoms with Crippen LogP contribution < -0.4 is 21.5 Å². The highest BCUT2D eigenvalue weighted by molar-refractivity contribution is 6.16. The fraction of sp³-hybridized carbons (Fsp3) is 0.182. The first-order valence-electron chi connectivity index (χ1n) is 9.25. The van der Waals surface area contributed by atoms with Crippen LogP contribution in [0, 0.1) is 5.41 Å². The van der Waals surface area contributed by atoms with Gasteiger partial charge in [-0.3, -0.25) is 14.4 Å². The summed E-state index contributed by atoms with van der Waals surface area (Å²) in [6, 6.07) is 8.40. The summed E-state index contributed by atoms with van der Waals surface area (Å²) < 4.78 is 5.34. The smallest absolute Gasteiger partial charge is 0.255 e. The fourth-order valence-electron chi connectivity index (χ4n) is 2.80. The standard InChI is InChI=1S/C22H24N4O5/c1-12(28)14-6-3-13(4-7-14)5-9-16(23)19-17(24)10-8-15(20(19)31-2)22(30)26-18(11-27)21(25)29/h3-10,18,23,27H,11,24H2,1-2H3,(H2,25,29)(H,26,30)/b9-5+,23-16?. The van der Waals surface area contributed by atoms with E-state index in [2.05, 4.69) is 5.32 Å². The number of carbonyl (C=O) groups is 3. The molecule has 9 heteroatoms. The van der Waals surface area contributed by atoms with Gasteiger partial charge in [-0.05, 0) is 30.7 Å². The number of methoxy groups -OCH3 is 1. The number of carbonyl (C=O) groups excluding carboxylic acids is 3. The van der Waals surface area contributed by atoms with Gasteiger partial charge in [-0.25, -0.2) is 0 Å². The maximum Gasteiger partial charge on any atom is 0.255 e. The minimum atomic E-state index is -1.27. The molecule has 2 rings (SSSR count). The van der Waals surface area contributed by atoms with Gasteiger partial charge in [0.05, 0.1) is 30.6 Å². The number of nitrogens with two attached hydrogens (primary N) is 2. The SMILES string of the molecule is COc1c(C(=O)NC(CO)C(N)=O)ccc(N)c1C(=N)/C=C/c1ccc(C(C)=O)cc1. The van der Waals surface area contributed by atoms with Gasteiger partial charge in [0.15, 0.2) is 5.78 Å². The van der Waals surface area contributed by atoms with Crippen molar-refractivity contribution in [3.8, 4) is 5.75 Å². The molecular formula is C22H24N4O5. The monoisotopic (exact) mass is 424 g/mol. The lowest BCUT2D eigenvalue weighted by molar-refractivity contribution is -0.120. The normalized spacial score (nSPS) is 11.7. The Bertz CT molecular complexity index is 1040. The second kappa shape index (κ2) is 10.2. The van der Waals surface area contributed by atoms with E-state index in [1.165, 1.54) is 32.2 Å². The predicted molar refractivity (Wildman–Crippen MR) is 117 cm³/mol. The average molecular weight is 424 g/mol. The number of hydrogen-bond donors (Lipinski definition) is 5. The van der Waals surface area contributed by atoms with E-state index >= 15 is 0 Å². The summed E-state index contributed by atoms with van der Waals surface area (Å²) in [5, 5.41) is 19.9. The number of ketones is 1. The molecule has 162 valence electrons. The van der Waals surface area contributed by atoms with Crippen LogP contribution in [0.4, 0.5) is 5.69 Å². The summed E-state index contributed by atoms with van der Waals surface area (Å²) in [4.78, 5) is 35.3. The number of Topliss-reactive ketones (excluding diaryl/α,β-unsaturated/α-hetero) is 1. The van der Waals surface area contributed by atoms with Crippen LogP contribution in [0.15, 0.2) is 42.5 Å². The topological polar surface area (TPSA) is 169 Å². The minimum absolute atomic E-state index is 0.0201. The van der Waals surface area contributed by atoms with Crippen LogP contribution in [0.2, 0.25) is 0 Å². The number of benzene rings is 2. The van der Waals surface area contributed by atoms with Gasteiger partial charge >= 0.3 is 0 Å². The maximum atomic E-state index is 12.6. The molecule has 0 radical (unpaired) electrons. The number of nitrogens with one attached hydrogen (secondary N) is 2. The van der Waals surface area contributed by atoms with Crippen LogP contribution in [-0.4, -0.2) is 48.2 Å². The third-order valence-corrected chi connectivity index (χ3v) is 4.50. The molecule has 1 atom stereocenters. The van der Waals surface area contributed by atoms with Crippen LogP contribution >= 0.6 is 0 Å². The van der Waals surface area contributed by atoms with Crippen LogP contribution in [0.1, 0.15) is 38.8 Å². The van der Waals surface area contributed by atoms with E-state index in [-0.39, 0.29) is 34.1 Å². The van der Waals surface area contributed by atoms with Gasteiger partial charge in [0.1, 0.15) is 11.8 Å². The van der Waals surface area contributed by atoms with Crippen molar-refractivity contribution in [3.63, 3.8) is 0 Å². The van der Waals surface area contributed by atoms with Gasteiger partial charge < -0.3 is 32.0 Å². The number of ether oxygens (including phenoxy) is 1. The minimum Gasteiger partial charge on any atom is -0.495 e. The molecule has 31 heavy (non-hydrogen) atoms. The molecule has 0 aliphatic rings. The molecular weight excluding hydrogens is 400 g/mol. The largest absolute Gasteiger partial charge is 0.495 e.